The van der Waals surface area contributed by atoms with E-state index in [9.17, 15) is 5.11 Å². The van der Waals surface area contributed by atoms with Gasteiger partial charge in [0.25, 0.3) is 0 Å². The molecule has 0 amide bonds. The van der Waals surface area contributed by atoms with Crippen LogP contribution in [-0.2, 0) is 13.0 Å². The summed E-state index contributed by atoms with van der Waals surface area (Å²) in [4.78, 5) is 4.74. The summed E-state index contributed by atoms with van der Waals surface area (Å²) in [5.41, 5.74) is 6.46. The smallest absolute Gasteiger partial charge is 0.140 e. The molecular weight excluding hydrogens is 272 g/mol. The molecule has 0 aliphatic carbocycles. The van der Waals surface area contributed by atoms with Gasteiger partial charge in [-0.3, -0.25) is 0 Å². The number of benzene rings is 1. The van der Waals surface area contributed by atoms with Crippen molar-refractivity contribution in [2.24, 2.45) is 0 Å². The predicted molar refractivity (Wildman–Crippen MR) is 89.2 cm³/mol. The Bertz CT molecular complexity index is 785. The Balaban J connectivity index is 1.98. The van der Waals surface area contributed by atoms with Crippen LogP contribution in [0.1, 0.15) is 47.8 Å². The van der Waals surface area contributed by atoms with Crippen LogP contribution in [0.4, 0.5) is 0 Å². The highest BCUT2D eigenvalue weighted by atomic mass is 16.3. The van der Waals surface area contributed by atoms with Gasteiger partial charge in [0.1, 0.15) is 5.65 Å². The molecule has 22 heavy (non-hydrogen) atoms. The molecule has 0 unspecified atom stereocenters. The fourth-order valence-corrected chi connectivity index (χ4v) is 2.82. The molecule has 2 heterocycles. The molecule has 0 atom stereocenters. The summed E-state index contributed by atoms with van der Waals surface area (Å²) >= 11 is 0. The van der Waals surface area contributed by atoms with E-state index in [-0.39, 0.29) is 6.61 Å². The molecule has 0 aliphatic rings. The lowest BCUT2D eigenvalue weighted by Gasteiger charge is -2.07. The summed E-state index contributed by atoms with van der Waals surface area (Å²) in [5, 5.41) is 9.73. The van der Waals surface area contributed by atoms with E-state index in [1.165, 1.54) is 11.1 Å². The fraction of sp³-hybridized carbons (Fsp3) is 0.316. The van der Waals surface area contributed by atoms with Gasteiger partial charge in [0, 0.05) is 12.6 Å². The molecular formula is C19H22N2O. The van der Waals surface area contributed by atoms with Gasteiger partial charge in [-0.15, -0.1) is 0 Å². The number of nitrogens with zero attached hydrogens (tertiary/aromatic N) is 2. The summed E-state index contributed by atoms with van der Waals surface area (Å²) in [7, 11) is 0. The van der Waals surface area contributed by atoms with Crippen LogP contribution >= 0.6 is 0 Å². The van der Waals surface area contributed by atoms with Crippen LogP contribution in [0.25, 0.3) is 5.65 Å². The summed E-state index contributed by atoms with van der Waals surface area (Å²) < 4.78 is 1.99. The zero-order valence-corrected chi connectivity index (χ0v) is 13.4. The Morgan fingerprint density at radius 1 is 1.14 bits per heavy atom. The summed E-state index contributed by atoms with van der Waals surface area (Å²) in [6.07, 6.45) is 2.71. The van der Waals surface area contributed by atoms with Crippen molar-refractivity contribution in [1.29, 1.82) is 0 Å². The normalized spacial score (nSPS) is 11.5. The SMILES string of the molecule is Cc1cccn2c(CO)c(Cc3ccc(C(C)C)cc3)nc12. The Kier molecular flexibility index (Phi) is 3.99. The molecule has 1 N–H and O–H groups in total. The molecule has 0 bridgehead atoms. The molecule has 0 saturated heterocycles. The minimum absolute atomic E-state index is 0.00400. The average molecular weight is 294 g/mol. The number of hydrogen-bond acceptors (Lipinski definition) is 2. The van der Waals surface area contributed by atoms with Gasteiger partial charge in [-0.25, -0.2) is 4.98 Å². The lowest BCUT2D eigenvalue weighted by molar-refractivity contribution is 0.274. The van der Waals surface area contributed by atoms with Crippen molar-refractivity contribution in [3.63, 3.8) is 0 Å². The molecule has 3 heteroatoms. The van der Waals surface area contributed by atoms with Gasteiger partial charge in [0.15, 0.2) is 0 Å². The van der Waals surface area contributed by atoms with Crippen molar-refractivity contribution in [3.05, 3.63) is 70.7 Å². The van der Waals surface area contributed by atoms with Gasteiger partial charge < -0.3 is 9.51 Å². The van der Waals surface area contributed by atoms with Crippen LogP contribution in [0.15, 0.2) is 42.6 Å². The maximum atomic E-state index is 9.73. The van der Waals surface area contributed by atoms with Crippen molar-refractivity contribution in [1.82, 2.24) is 9.38 Å². The Morgan fingerprint density at radius 3 is 2.50 bits per heavy atom. The number of aliphatic hydroxyl groups is 1. The number of hydrogen-bond donors (Lipinski definition) is 1. The number of rotatable bonds is 4. The topological polar surface area (TPSA) is 37.5 Å². The average Bonchev–Trinajstić information content (AvgIpc) is 2.86. The van der Waals surface area contributed by atoms with Crippen LogP contribution in [-0.4, -0.2) is 14.5 Å². The molecule has 0 fully saturated rings. The van der Waals surface area contributed by atoms with Crippen LogP contribution in [0.5, 0.6) is 0 Å². The highest BCUT2D eigenvalue weighted by molar-refractivity contribution is 5.51. The van der Waals surface area contributed by atoms with E-state index in [0.717, 1.165) is 29.0 Å². The van der Waals surface area contributed by atoms with Gasteiger partial charge in [-0.2, -0.15) is 0 Å². The monoisotopic (exact) mass is 294 g/mol. The highest BCUT2D eigenvalue weighted by Crippen LogP contribution is 2.20. The molecule has 114 valence electrons. The second-order valence-corrected chi connectivity index (χ2v) is 6.12. The second kappa shape index (κ2) is 5.93. The molecule has 3 nitrogen and oxygen atoms in total. The highest BCUT2D eigenvalue weighted by Gasteiger charge is 2.13. The van der Waals surface area contributed by atoms with Crippen molar-refractivity contribution in [3.8, 4) is 0 Å². The number of aryl methyl sites for hydroxylation is 1. The number of imidazole rings is 1. The Morgan fingerprint density at radius 2 is 1.86 bits per heavy atom. The third-order valence-corrected chi connectivity index (χ3v) is 4.19. The van der Waals surface area contributed by atoms with Crippen LogP contribution in [0.3, 0.4) is 0 Å². The zero-order chi connectivity index (χ0) is 15.7. The number of aromatic nitrogens is 2. The van der Waals surface area contributed by atoms with Gasteiger partial charge in [0.05, 0.1) is 18.0 Å². The number of fused-ring (bicyclic) bond motifs is 1. The van der Waals surface area contributed by atoms with Crippen LogP contribution < -0.4 is 0 Å². The van der Waals surface area contributed by atoms with E-state index in [1.54, 1.807) is 0 Å². The molecule has 3 aromatic rings. The fourth-order valence-electron chi connectivity index (χ4n) is 2.82. The molecule has 3 rings (SSSR count). The first-order valence-electron chi connectivity index (χ1n) is 7.75. The molecule has 1 aromatic carbocycles. The third-order valence-electron chi connectivity index (χ3n) is 4.19. The summed E-state index contributed by atoms with van der Waals surface area (Å²) in [5.74, 6) is 0.542. The lowest BCUT2D eigenvalue weighted by atomic mass is 10.00. The van der Waals surface area contributed by atoms with E-state index in [2.05, 4.69) is 38.1 Å². The Labute approximate surface area is 131 Å². The predicted octanol–water partition coefficient (Wildman–Crippen LogP) is 3.85. The van der Waals surface area contributed by atoms with E-state index in [0.29, 0.717) is 5.92 Å². The molecule has 0 saturated carbocycles. The first-order chi connectivity index (χ1) is 10.6. The van der Waals surface area contributed by atoms with E-state index < -0.39 is 0 Å². The lowest BCUT2D eigenvalue weighted by Crippen LogP contribution is -1.98. The second-order valence-electron chi connectivity index (χ2n) is 6.12. The van der Waals surface area contributed by atoms with E-state index >= 15 is 0 Å². The van der Waals surface area contributed by atoms with Gasteiger partial charge in [-0.05, 0) is 35.6 Å². The molecule has 0 spiro atoms. The standard InChI is InChI=1S/C19H22N2O/c1-13(2)16-8-6-15(7-9-16)11-17-18(12-22)21-10-4-5-14(3)19(21)20-17/h4-10,13,22H,11-12H2,1-3H3. The van der Waals surface area contributed by atoms with Crippen molar-refractivity contribution < 1.29 is 5.11 Å². The first-order valence-corrected chi connectivity index (χ1v) is 7.75. The van der Waals surface area contributed by atoms with E-state index in [4.69, 9.17) is 4.98 Å². The van der Waals surface area contributed by atoms with Gasteiger partial charge in [-0.1, -0.05) is 44.2 Å². The zero-order valence-electron chi connectivity index (χ0n) is 13.4. The molecule has 0 radical (unpaired) electrons. The van der Waals surface area contributed by atoms with Crippen LogP contribution in [0, 0.1) is 6.92 Å². The molecule has 0 aliphatic heterocycles. The minimum atomic E-state index is 0.00400. The largest absolute Gasteiger partial charge is 0.390 e. The number of pyridine rings is 1. The van der Waals surface area contributed by atoms with Gasteiger partial charge in [0.2, 0.25) is 0 Å². The van der Waals surface area contributed by atoms with Crippen molar-refractivity contribution >= 4 is 5.65 Å². The quantitative estimate of drug-likeness (QED) is 0.793. The maximum Gasteiger partial charge on any atom is 0.140 e. The summed E-state index contributed by atoms with van der Waals surface area (Å²) in [6.45, 7) is 6.45. The van der Waals surface area contributed by atoms with Crippen molar-refractivity contribution in [2.45, 2.75) is 39.7 Å². The van der Waals surface area contributed by atoms with E-state index in [1.807, 2.05) is 29.7 Å². The van der Waals surface area contributed by atoms with Crippen LogP contribution in [0.2, 0.25) is 0 Å². The minimum Gasteiger partial charge on any atom is -0.390 e. The van der Waals surface area contributed by atoms with Gasteiger partial charge >= 0.3 is 0 Å². The van der Waals surface area contributed by atoms with Crippen molar-refractivity contribution in [2.75, 3.05) is 0 Å². The maximum absolute atomic E-state index is 9.73. The molecule has 2 aromatic heterocycles. The number of aliphatic hydroxyl groups excluding tert-OH is 1. The summed E-state index contributed by atoms with van der Waals surface area (Å²) in [6, 6.07) is 12.7. The first kappa shape index (κ1) is 14.8. The Hall–Kier alpha value is -2.13. The third kappa shape index (κ3) is 2.64.